The topological polar surface area (TPSA) is 29.5 Å². The summed E-state index contributed by atoms with van der Waals surface area (Å²) in [5.41, 5.74) is 0.836. The number of thiophene rings is 1. The lowest BCUT2D eigenvalue weighted by molar-refractivity contribution is 0.342. The van der Waals surface area contributed by atoms with E-state index in [1.54, 1.807) is 11.3 Å². The Balaban J connectivity index is 2.43. The number of rotatable bonds is 2. The fourth-order valence-corrected chi connectivity index (χ4v) is 3.27. The van der Waals surface area contributed by atoms with Crippen LogP contribution in [0, 0.1) is 0 Å². The van der Waals surface area contributed by atoms with Gasteiger partial charge in [0.25, 0.3) is 0 Å². The minimum absolute atomic E-state index is 0.836. The maximum Gasteiger partial charge on any atom is 0.491 e. The first-order valence-electron chi connectivity index (χ1n) is 5.42. The van der Waals surface area contributed by atoms with E-state index in [-0.39, 0.29) is 0 Å². The van der Waals surface area contributed by atoms with E-state index in [9.17, 15) is 5.02 Å². The summed E-state index contributed by atoms with van der Waals surface area (Å²) >= 11 is 1.74. The van der Waals surface area contributed by atoms with Crippen LogP contribution in [0.15, 0.2) is 42.5 Å². The molecule has 2 aromatic carbocycles. The van der Waals surface area contributed by atoms with Gasteiger partial charge < -0.3 is 9.68 Å². The van der Waals surface area contributed by atoms with Crippen LogP contribution in [-0.4, -0.2) is 19.3 Å². The van der Waals surface area contributed by atoms with Crippen molar-refractivity contribution < 1.29 is 9.68 Å². The molecular formula is C13H11BO2S. The van der Waals surface area contributed by atoms with Crippen LogP contribution in [0.2, 0.25) is 0 Å². The van der Waals surface area contributed by atoms with Gasteiger partial charge in [-0.2, -0.15) is 0 Å². The average Bonchev–Trinajstić information content (AvgIpc) is 2.76. The van der Waals surface area contributed by atoms with Gasteiger partial charge in [-0.05, 0) is 23.0 Å². The first kappa shape index (κ1) is 10.8. The van der Waals surface area contributed by atoms with E-state index in [0.29, 0.717) is 0 Å². The Labute approximate surface area is 104 Å². The van der Waals surface area contributed by atoms with E-state index < -0.39 is 7.12 Å². The molecule has 3 rings (SSSR count). The van der Waals surface area contributed by atoms with Crippen molar-refractivity contribution in [1.82, 2.24) is 0 Å². The quantitative estimate of drug-likeness (QED) is 0.699. The lowest BCUT2D eigenvalue weighted by atomic mass is 9.77. The van der Waals surface area contributed by atoms with Gasteiger partial charge in [-0.15, -0.1) is 11.3 Å². The zero-order valence-electron chi connectivity index (χ0n) is 9.38. The zero-order chi connectivity index (χ0) is 11.8. The predicted octanol–water partition coefficient (Wildman–Crippen LogP) is 2.39. The molecule has 0 atom stereocenters. The second kappa shape index (κ2) is 4.15. The molecule has 0 aliphatic rings. The molecule has 0 unspecified atom stereocenters. The highest BCUT2D eigenvalue weighted by molar-refractivity contribution is 7.26. The molecule has 0 fully saturated rings. The van der Waals surface area contributed by atoms with Crippen LogP contribution in [0.3, 0.4) is 0 Å². The Hall–Kier alpha value is -1.36. The summed E-state index contributed by atoms with van der Waals surface area (Å²) < 4.78 is 7.44. The molecule has 1 N–H and O–H groups in total. The standard InChI is InChI=1S/C13H11BO2S/c1-16-14(15)10-6-4-8-12-13(10)9-5-2-3-7-11(9)17-12/h2-8,15H,1H3. The molecule has 0 aliphatic carbocycles. The van der Waals surface area contributed by atoms with Gasteiger partial charge in [0, 0.05) is 21.9 Å². The Morgan fingerprint density at radius 1 is 1.06 bits per heavy atom. The Bertz CT molecular complexity index is 677. The van der Waals surface area contributed by atoms with E-state index in [2.05, 4.69) is 18.2 Å². The fraction of sp³-hybridized carbons (Fsp3) is 0.0769. The lowest BCUT2D eigenvalue weighted by Gasteiger charge is -2.05. The first-order valence-corrected chi connectivity index (χ1v) is 6.24. The van der Waals surface area contributed by atoms with Gasteiger partial charge in [0.15, 0.2) is 0 Å². The number of hydrogen-bond donors (Lipinski definition) is 1. The summed E-state index contributed by atoms with van der Waals surface area (Å²) in [6.45, 7) is 0. The largest absolute Gasteiger partial charge is 0.491 e. The molecule has 0 saturated heterocycles. The van der Waals surface area contributed by atoms with Gasteiger partial charge >= 0.3 is 7.12 Å². The van der Waals surface area contributed by atoms with Crippen LogP contribution in [0.25, 0.3) is 20.2 Å². The highest BCUT2D eigenvalue weighted by Gasteiger charge is 2.19. The van der Waals surface area contributed by atoms with Crippen molar-refractivity contribution in [3.05, 3.63) is 42.5 Å². The van der Waals surface area contributed by atoms with Crippen LogP contribution >= 0.6 is 11.3 Å². The predicted molar refractivity (Wildman–Crippen MR) is 73.9 cm³/mol. The summed E-state index contributed by atoms with van der Waals surface area (Å²) in [7, 11) is 0.648. The monoisotopic (exact) mass is 242 g/mol. The molecule has 0 saturated carbocycles. The van der Waals surface area contributed by atoms with E-state index in [1.165, 1.54) is 21.9 Å². The Kier molecular flexibility index (Phi) is 2.63. The van der Waals surface area contributed by atoms with Crippen molar-refractivity contribution in [3.63, 3.8) is 0 Å². The molecule has 17 heavy (non-hydrogen) atoms. The number of hydrogen-bond acceptors (Lipinski definition) is 3. The summed E-state index contributed by atoms with van der Waals surface area (Å²) in [6, 6.07) is 14.2. The van der Waals surface area contributed by atoms with Gasteiger partial charge in [0.2, 0.25) is 0 Å². The lowest BCUT2D eigenvalue weighted by Crippen LogP contribution is -2.32. The average molecular weight is 242 g/mol. The van der Waals surface area contributed by atoms with Crippen molar-refractivity contribution in [2.75, 3.05) is 7.11 Å². The maximum atomic E-state index is 9.89. The number of fused-ring (bicyclic) bond motifs is 3. The second-order valence-corrected chi connectivity index (χ2v) is 4.99. The molecule has 0 spiro atoms. The fourth-order valence-electron chi connectivity index (χ4n) is 2.13. The molecular weight excluding hydrogens is 231 g/mol. The van der Waals surface area contributed by atoms with E-state index in [1.807, 2.05) is 24.3 Å². The van der Waals surface area contributed by atoms with Crippen LogP contribution in [0.4, 0.5) is 0 Å². The van der Waals surface area contributed by atoms with Gasteiger partial charge in [-0.25, -0.2) is 0 Å². The molecule has 0 aliphatic heterocycles. The first-order chi connectivity index (χ1) is 8.31. The molecule has 0 bridgehead atoms. The summed E-state index contributed by atoms with van der Waals surface area (Å²) in [4.78, 5) is 0. The molecule has 0 amide bonds. The van der Waals surface area contributed by atoms with Gasteiger partial charge in [0.05, 0.1) is 0 Å². The van der Waals surface area contributed by atoms with E-state index >= 15 is 0 Å². The SMILES string of the molecule is COB(O)c1cccc2sc3ccccc3c12. The third-order valence-corrected chi connectivity index (χ3v) is 4.06. The molecule has 84 valence electrons. The molecule has 1 aromatic heterocycles. The maximum absolute atomic E-state index is 9.89. The second-order valence-electron chi connectivity index (χ2n) is 3.91. The highest BCUT2D eigenvalue weighted by atomic mass is 32.1. The van der Waals surface area contributed by atoms with Crippen molar-refractivity contribution in [2.45, 2.75) is 0 Å². The third kappa shape index (κ3) is 1.65. The van der Waals surface area contributed by atoms with Gasteiger partial charge in [0.1, 0.15) is 0 Å². The number of benzene rings is 2. The van der Waals surface area contributed by atoms with Crippen molar-refractivity contribution >= 4 is 44.1 Å². The normalized spacial score (nSPS) is 11.2. The van der Waals surface area contributed by atoms with Crippen molar-refractivity contribution in [2.24, 2.45) is 0 Å². The Morgan fingerprint density at radius 2 is 1.82 bits per heavy atom. The van der Waals surface area contributed by atoms with E-state index in [4.69, 9.17) is 4.65 Å². The van der Waals surface area contributed by atoms with Crippen molar-refractivity contribution in [1.29, 1.82) is 0 Å². The smallest absolute Gasteiger partial charge is 0.423 e. The van der Waals surface area contributed by atoms with Crippen LogP contribution < -0.4 is 5.46 Å². The van der Waals surface area contributed by atoms with E-state index in [0.717, 1.165) is 10.8 Å². The van der Waals surface area contributed by atoms with Gasteiger partial charge in [-0.1, -0.05) is 30.3 Å². The summed E-state index contributed by atoms with van der Waals surface area (Å²) in [6.07, 6.45) is 0. The molecule has 4 heteroatoms. The minimum atomic E-state index is -0.864. The highest BCUT2D eigenvalue weighted by Crippen LogP contribution is 2.32. The zero-order valence-corrected chi connectivity index (χ0v) is 10.2. The Morgan fingerprint density at radius 3 is 2.65 bits per heavy atom. The third-order valence-electron chi connectivity index (χ3n) is 2.92. The van der Waals surface area contributed by atoms with Crippen LogP contribution in [-0.2, 0) is 4.65 Å². The summed E-state index contributed by atoms with van der Waals surface area (Å²) in [5.74, 6) is 0. The van der Waals surface area contributed by atoms with Gasteiger partial charge in [-0.3, -0.25) is 0 Å². The van der Waals surface area contributed by atoms with Crippen LogP contribution in [0.5, 0.6) is 0 Å². The molecule has 1 heterocycles. The van der Waals surface area contributed by atoms with Crippen LogP contribution in [0.1, 0.15) is 0 Å². The molecule has 3 aromatic rings. The molecule has 0 radical (unpaired) electrons. The van der Waals surface area contributed by atoms with Crippen molar-refractivity contribution in [3.8, 4) is 0 Å². The minimum Gasteiger partial charge on any atom is -0.423 e. The molecule has 2 nitrogen and oxygen atoms in total. The summed E-state index contributed by atoms with van der Waals surface area (Å²) in [5, 5.41) is 12.2.